The molecule has 0 unspecified atom stereocenters. The number of anilines is 3. The molecule has 2 aromatic rings. The van der Waals surface area contributed by atoms with Gasteiger partial charge in [-0.25, -0.2) is 4.98 Å². The van der Waals surface area contributed by atoms with Gasteiger partial charge in [0.25, 0.3) is 0 Å². The highest BCUT2D eigenvalue weighted by Gasteiger charge is 2.13. The molecule has 7 nitrogen and oxygen atoms in total. The molecule has 1 amide bonds. The largest absolute Gasteiger partial charge is 0.455 e. The summed E-state index contributed by atoms with van der Waals surface area (Å²) in [6.45, 7) is 7.03. The third-order valence-corrected chi connectivity index (χ3v) is 2.82. The summed E-state index contributed by atoms with van der Waals surface area (Å²) in [5.41, 5.74) is 12.4. The molecule has 144 valence electrons. The Morgan fingerprint density at radius 3 is 2.12 bits per heavy atom. The van der Waals surface area contributed by atoms with Gasteiger partial charge in [-0.1, -0.05) is 20.3 Å². The maximum atomic E-state index is 10.9. The van der Waals surface area contributed by atoms with Crippen molar-refractivity contribution in [3.63, 3.8) is 0 Å². The summed E-state index contributed by atoms with van der Waals surface area (Å²) >= 11 is 0. The summed E-state index contributed by atoms with van der Waals surface area (Å²) in [6.07, 6.45) is 3.41. The quantitative estimate of drug-likeness (QED) is 0.621. The number of nitrogen functional groups attached to an aromatic ring is 2. The van der Waals surface area contributed by atoms with Gasteiger partial charge in [0, 0.05) is 38.7 Å². The van der Waals surface area contributed by atoms with E-state index in [-0.39, 0.29) is 5.82 Å². The Bertz CT molecular complexity index is 631. The first-order valence-electron chi connectivity index (χ1n) is 8.39. The Morgan fingerprint density at radius 1 is 1.12 bits per heavy atom. The van der Waals surface area contributed by atoms with Crippen LogP contribution < -0.4 is 21.1 Å². The minimum absolute atomic E-state index is 0.225. The van der Waals surface area contributed by atoms with Crippen LogP contribution in [0.15, 0.2) is 36.5 Å². The van der Waals surface area contributed by atoms with E-state index in [1.54, 1.807) is 44.5 Å². The molecule has 0 saturated heterocycles. The number of hydrogen-bond donors (Lipinski definition) is 2. The van der Waals surface area contributed by atoms with Crippen molar-refractivity contribution < 1.29 is 14.3 Å². The van der Waals surface area contributed by atoms with Crippen molar-refractivity contribution in [2.75, 3.05) is 37.1 Å². The molecule has 0 fully saturated rings. The Labute approximate surface area is 155 Å². The standard InChI is InChI=1S/C13H14N4O2.C3H8O.C3H8/c1-17(8-18)12-11(6-7-16-13(12)15)19-10-4-2-9(14)3-5-10;1-3-4-2;1-3-2/h2-8H,14H2,1H3,(H2,15,16);3H2,1-2H3;3H2,1-2H3. The lowest BCUT2D eigenvalue weighted by Crippen LogP contribution is -2.17. The molecule has 2 rings (SSSR count). The van der Waals surface area contributed by atoms with Crippen LogP contribution in [0, 0.1) is 0 Å². The third kappa shape index (κ3) is 8.34. The number of hydrogen-bond acceptors (Lipinski definition) is 6. The summed E-state index contributed by atoms with van der Waals surface area (Å²) in [6, 6.07) is 8.56. The SMILES string of the molecule is CCC.CCOC.CN(C=O)c1c(Oc2ccc(N)cc2)ccnc1N. The van der Waals surface area contributed by atoms with Crippen molar-refractivity contribution in [2.45, 2.75) is 27.2 Å². The number of nitrogens with two attached hydrogens (primary N) is 2. The number of amides is 1. The molecular weight excluding hydrogens is 332 g/mol. The first-order chi connectivity index (χ1) is 12.4. The molecule has 0 radical (unpaired) electrons. The van der Waals surface area contributed by atoms with E-state index in [0.29, 0.717) is 29.3 Å². The predicted molar refractivity (Wildman–Crippen MR) is 108 cm³/mol. The van der Waals surface area contributed by atoms with Crippen molar-refractivity contribution in [3.8, 4) is 11.5 Å². The fourth-order valence-electron chi connectivity index (χ4n) is 1.60. The highest BCUT2D eigenvalue weighted by molar-refractivity contribution is 5.84. The van der Waals surface area contributed by atoms with Crippen molar-refractivity contribution in [1.29, 1.82) is 0 Å². The number of benzene rings is 1. The van der Waals surface area contributed by atoms with E-state index in [0.717, 1.165) is 6.61 Å². The molecule has 0 bridgehead atoms. The number of carbonyl (C=O) groups is 1. The fourth-order valence-corrected chi connectivity index (χ4v) is 1.60. The lowest BCUT2D eigenvalue weighted by atomic mass is 10.3. The van der Waals surface area contributed by atoms with Crippen LogP contribution in [0.3, 0.4) is 0 Å². The monoisotopic (exact) mass is 362 g/mol. The summed E-state index contributed by atoms with van der Waals surface area (Å²) in [5.74, 6) is 1.27. The summed E-state index contributed by atoms with van der Waals surface area (Å²) in [4.78, 5) is 16.1. The second-order valence-corrected chi connectivity index (χ2v) is 5.21. The van der Waals surface area contributed by atoms with Gasteiger partial charge in [0.2, 0.25) is 6.41 Å². The van der Waals surface area contributed by atoms with Crippen LogP contribution in [-0.2, 0) is 9.53 Å². The molecule has 0 spiro atoms. The molecule has 0 aliphatic rings. The van der Waals surface area contributed by atoms with E-state index < -0.39 is 0 Å². The molecule has 0 saturated carbocycles. The van der Waals surface area contributed by atoms with Crippen molar-refractivity contribution in [2.24, 2.45) is 0 Å². The van der Waals surface area contributed by atoms with Gasteiger partial charge < -0.3 is 25.8 Å². The maximum Gasteiger partial charge on any atom is 0.214 e. The lowest BCUT2D eigenvalue weighted by molar-refractivity contribution is -0.107. The summed E-state index contributed by atoms with van der Waals surface area (Å²) < 4.78 is 10.2. The minimum atomic E-state index is 0.225. The molecule has 26 heavy (non-hydrogen) atoms. The van der Waals surface area contributed by atoms with E-state index in [4.69, 9.17) is 16.2 Å². The van der Waals surface area contributed by atoms with Gasteiger partial charge >= 0.3 is 0 Å². The second kappa shape index (κ2) is 13.5. The third-order valence-electron chi connectivity index (χ3n) is 2.82. The van der Waals surface area contributed by atoms with Crippen LogP contribution in [-0.4, -0.2) is 32.2 Å². The van der Waals surface area contributed by atoms with Gasteiger partial charge in [0.05, 0.1) is 0 Å². The Kier molecular flexibility index (Phi) is 12.0. The highest BCUT2D eigenvalue weighted by Crippen LogP contribution is 2.34. The number of aromatic nitrogens is 1. The van der Waals surface area contributed by atoms with Gasteiger partial charge in [-0.05, 0) is 31.2 Å². The zero-order chi connectivity index (χ0) is 19.9. The topological polar surface area (TPSA) is 104 Å². The summed E-state index contributed by atoms with van der Waals surface area (Å²) in [5, 5.41) is 0. The van der Waals surface area contributed by atoms with Crippen LogP contribution in [0.5, 0.6) is 11.5 Å². The molecule has 1 aromatic carbocycles. The fraction of sp³-hybridized carbons (Fsp3) is 0.368. The van der Waals surface area contributed by atoms with E-state index in [1.165, 1.54) is 17.5 Å². The second-order valence-electron chi connectivity index (χ2n) is 5.21. The highest BCUT2D eigenvalue weighted by atomic mass is 16.5. The molecule has 1 aromatic heterocycles. The number of pyridine rings is 1. The first-order valence-corrected chi connectivity index (χ1v) is 8.39. The van der Waals surface area contributed by atoms with Gasteiger partial charge in [-0.3, -0.25) is 4.79 Å². The summed E-state index contributed by atoms with van der Waals surface area (Å²) in [7, 11) is 3.26. The number of rotatable bonds is 5. The van der Waals surface area contributed by atoms with Crippen LogP contribution in [0.2, 0.25) is 0 Å². The van der Waals surface area contributed by atoms with E-state index in [9.17, 15) is 4.79 Å². The van der Waals surface area contributed by atoms with Gasteiger partial charge in [-0.15, -0.1) is 0 Å². The zero-order valence-electron chi connectivity index (χ0n) is 16.2. The molecular formula is C19H30N4O3. The number of carbonyl (C=O) groups excluding carboxylic acids is 1. The zero-order valence-corrected chi connectivity index (χ0v) is 16.2. The maximum absolute atomic E-state index is 10.9. The van der Waals surface area contributed by atoms with Crippen LogP contribution in [0.4, 0.5) is 17.2 Å². The van der Waals surface area contributed by atoms with Gasteiger partial charge in [0.1, 0.15) is 11.4 Å². The van der Waals surface area contributed by atoms with E-state index >= 15 is 0 Å². The normalized spacial score (nSPS) is 9.12. The average molecular weight is 362 g/mol. The molecule has 4 N–H and O–H groups in total. The molecule has 0 aliphatic carbocycles. The molecule has 7 heteroatoms. The lowest BCUT2D eigenvalue weighted by Gasteiger charge is -2.17. The number of ether oxygens (including phenoxy) is 2. The van der Waals surface area contributed by atoms with Crippen molar-refractivity contribution in [1.82, 2.24) is 4.98 Å². The van der Waals surface area contributed by atoms with Gasteiger partial charge in [0.15, 0.2) is 11.6 Å². The predicted octanol–water partition coefficient (Wildman–Crippen LogP) is 3.70. The Hall–Kier alpha value is -2.80. The minimum Gasteiger partial charge on any atom is -0.455 e. The molecule has 0 aliphatic heterocycles. The van der Waals surface area contributed by atoms with Crippen LogP contribution in [0.25, 0.3) is 0 Å². The number of methoxy groups -OCH3 is 1. The average Bonchev–Trinajstić information content (AvgIpc) is 2.64. The van der Waals surface area contributed by atoms with Gasteiger partial charge in [-0.2, -0.15) is 0 Å². The van der Waals surface area contributed by atoms with Crippen molar-refractivity contribution in [3.05, 3.63) is 36.5 Å². The Morgan fingerprint density at radius 2 is 1.65 bits per heavy atom. The van der Waals surface area contributed by atoms with Crippen LogP contribution >= 0.6 is 0 Å². The van der Waals surface area contributed by atoms with Crippen LogP contribution in [0.1, 0.15) is 27.2 Å². The van der Waals surface area contributed by atoms with E-state index in [1.807, 2.05) is 6.92 Å². The Balaban J connectivity index is 0.000000770. The number of nitrogens with zero attached hydrogens (tertiary/aromatic N) is 2. The smallest absolute Gasteiger partial charge is 0.214 e. The molecule has 0 atom stereocenters. The van der Waals surface area contributed by atoms with Crippen molar-refractivity contribution >= 4 is 23.6 Å². The first kappa shape index (κ1) is 23.2. The molecule has 1 heterocycles. The van der Waals surface area contributed by atoms with E-state index in [2.05, 4.69) is 23.6 Å².